The van der Waals surface area contributed by atoms with Crippen LogP contribution in [0.15, 0.2) is 0 Å². The highest BCUT2D eigenvalue weighted by Crippen LogP contribution is 2.24. The van der Waals surface area contributed by atoms with E-state index in [0.717, 1.165) is 12.8 Å². The number of methoxy groups -OCH3 is 1. The molecule has 0 heterocycles. The van der Waals surface area contributed by atoms with Gasteiger partial charge in [0.15, 0.2) is 0 Å². The zero-order chi connectivity index (χ0) is 15.8. The van der Waals surface area contributed by atoms with Gasteiger partial charge in [0.05, 0.1) is 20.3 Å². The first-order chi connectivity index (χ1) is 9.97. The number of aliphatic hydroxyl groups is 1. The third-order valence-corrected chi connectivity index (χ3v) is 3.85. The molecule has 0 aromatic carbocycles. The van der Waals surface area contributed by atoms with Crippen LogP contribution >= 0.6 is 0 Å². The van der Waals surface area contributed by atoms with E-state index in [-0.39, 0.29) is 25.0 Å². The maximum Gasteiger partial charge on any atom is 0.328 e. The van der Waals surface area contributed by atoms with Gasteiger partial charge in [-0.25, -0.2) is 4.79 Å². The van der Waals surface area contributed by atoms with Crippen molar-refractivity contribution >= 4 is 11.9 Å². The minimum atomic E-state index is -0.597. The van der Waals surface area contributed by atoms with Crippen LogP contribution in [0.3, 0.4) is 0 Å². The van der Waals surface area contributed by atoms with Gasteiger partial charge in [-0.1, -0.05) is 20.3 Å². The van der Waals surface area contributed by atoms with E-state index in [4.69, 9.17) is 9.84 Å². The highest BCUT2D eigenvalue weighted by molar-refractivity contribution is 5.85. The molecular formula is C15H28N2O4. The van der Waals surface area contributed by atoms with Crippen LogP contribution < -0.4 is 5.32 Å². The van der Waals surface area contributed by atoms with Crippen LogP contribution in [-0.4, -0.2) is 60.8 Å². The van der Waals surface area contributed by atoms with Crippen molar-refractivity contribution in [1.29, 1.82) is 0 Å². The molecule has 1 aliphatic carbocycles. The van der Waals surface area contributed by atoms with E-state index >= 15 is 0 Å². The molecule has 1 saturated carbocycles. The van der Waals surface area contributed by atoms with Gasteiger partial charge in [-0.05, 0) is 25.2 Å². The lowest BCUT2D eigenvalue weighted by atomic mass is 9.91. The van der Waals surface area contributed by atoms with E-state index in [1.54, 1.807) is 0 Å². The summed E-state index contributed by atoms with van der Waals surface area (Å²) in [6.45, 7) is 4.74. The molecule has 0 aromatic heterocycles. The van der Waals surface area contributed by atoms with Gasteiger partial charge < -0.3 is 15.2 Å². The first-order valence-corrected chi connectivity index (χ1v) is 7.70. The van der Waals surface area contributed by atoms with Crippen molar-refractivity contribution in [2.75, 3.05) is 26.8 Å². The second-order valence-electron chi connectivity index (χ2n) is 6.05. The van der Waals surface area contributed by atoms with E-state index in [1.807, 2.05) is 18.7 Å². The van der Waals surface area contributed by atoms with Crippen LogP contribution in [0.1, 0.15) is 39.5 Å². The molecule has 0 aliphatic heterocycles. The first-order valence-electron chi connectivity index (χ1n) is 7.70. The van der Waals surface area contributed by atoms with Crippen LogP contribution in [0.2, 0.25) is 0 Å². The summed E-state index contributed by atoms with van der Waals surface area (Å²) < 4.78 is 4.74. The summed E-state index contributed by atoms with van der Waals surface area (Å²) in [6, 6.07) is -0.218. The number of aliphatic hydroxyl groups excluding tert-OH is 1. The molecule has 0 saturated heterocycles. The number of rotatable bonds is 9. The molecule has 1 atom stereocenters. The van der Waals surface area contributed by atoms with Crippen molar-refractivity contribution in [1.82, 2.24) is 10.2 Å². The minimum absolute atomic E-state index is 0.0379. The Morgan fingerprint density at radius 3 is 2.48 bits per heavy atom. The Morgan fingerprint density at radius 2 is 2.05 bits per heavy atom. The molecule has 0 spiro atoms. The number of ether oxygens (including phenoxy) is 1. The molecule has 2 N–H and O–H groups in total. The fourth-order valence-electron chi connectivity index (χ4n) is 2.52. The first kappa shape index (κ1) is 17.9. The van der Waals surface area contributed by atoms with E-state index in [9.17, 15) is 9.59 Å². The summed E-state index contributed by atoms with van der Waals surface area (Å²) in [7, 11) is 1.33. The summed E-state index contributed by atoms with van der Waals surface area (Å²) in [6.07, 6.45) is 3.87. The quantitative estimate of drug-likeness (QED) is 0.608. The number of nitrogens with one attached hydrogen (secondary N) is 1. The molecule has 6 heteroatoms. The lowest BCUT2D eigenvalue weighted by Gasteiger charge is -2.36. The SMILES string of the molecule is COC(=O)C(CC(C)C)NC(=O)CN(CCO)C1CCC1. The van der Waals surface area contributed by atoms with Gasteiger partial charge in [-0.15, -0.1) is 0 Å². The third-order valence-electron chi connectivity index (χ3n) is 3.85. The average Bonchev–Trinajstić information content (AvgIpc) is 2.34. The maximum absolute atomic E-state index is 12.1. The summed E-state index contributed by atoms with van der Waals surface area (Å²) in [5.41, 5.74) is 0. The van der Waals surface area contributed by atoms with E-state index in [2.05, 4.69) is 5.32 Å². The number of carbonyl (C=O) groups excluding carboxylic acids is 2. The maximum atomic E-state index is 12.1. The number of carbonyl (C=O) groups is 2. The van der Waals surface area contributed by atoms with Crippen LogP contribution in [0.5, 0.6) is 0 Å². The van der Waals surface area contributed by atoms with Crippen LogP contribution in [0.25, 0.3) is 0 Å². The number of hydrogen-bond donors (Lipinski definition) is 2. The van der Waals surface area contributed by atoms with E-state index in [0.29, 0.717) is 19.0 Å². The Morgan fingerprint density at radius 1 is 1.38 bits per heavy atom. The number of amides is 1. The van der Waals surface area contributed by atoms with Crippen molar-refractivity contribution in [3.63, 3.8) is 0 Å². The summed E-state index contributed by atoms with van der Waals surface area (Å²) in [5.74, 6) is -0.310. The Labute approximate surface area is 126 Å². The fraction of sp³-hybridized carbons (Fsp3) is 0.867. The van der Waals surface area contributed by atoms with Gasteiger partial charge in [0.25, 0.3) is 0 Å². The van der Waals surface area contributed by atoms with Crippen LogP contribution in [-0.2, 0) is 14.3 Å². The molecule has 1 fully saturated rings. The molecule has 122 valence electrons. The molecule has 6 nitrogen and oxygen atoms in total. The van der Waals surface area contributed by atoms with Crippen molar-refractivity contribution in [3.05, 3.63) is 0 Å². The lowest BCUT2D eigenvalue weighted by Crippen LogP contribution is -2.50. The summed E-state index contributed by atoms with van der Waals surface area (Å²) in [4.78, 5) is 25.8. The minimum Gasteiger partial charge on any atom is -0.467 e. The van der Waals surface area contributed by atoms with Gasteiger partial charge in [-0.2, -0.15) is 0 Å². The Balaban J connectivity index is 2.52. The van der Waals surface area contributed by atoms with Gasteiger partial charge >= 0.3 is 5.97 Å². The Bertz CT molecular complexity index is 343. The molecule has 0 bridgehead atoms. The Hall–Kier alpha value is -1.14. The number of esters is 1. The van der Waals surface area contributed by atoms with Crippen molar-refractivity contribution in [3.8, 4) is 0 Å². The average molecular weight is 300 g/mol. The monoisotopic (exact) mass is 300 g/mol. The number of hydrogen-bond acceptors (Lipinski definition) is 5. The predicted octanol–water partition coefficient (Wildman–Crippen LogP) is 0.537. The van der Waals surface area contributed by atoms with Gasteiger partial charge in [0.1, 0.15) is 6.04 Å². The smallest absolute Gasteiger partial charge is 0.328 e. The molecule has 1 rings (SSSR count). The van der Waals surface area contributed by atoms with E-state index < -0.39 is 12.0 Å². The van der Waals surface area contributed by atoms with Crippen LogP contribution in [0.4, 0.5) is 0 Å². The molecule has 0 aromatic rings. The van der Waals surface area contributed by atoms with Crippen molar-refractivity contribution in [2.45, 2.75) is 51.6 Å². The van der Waals surface area contributed by atoms with E-state index in [1.165, 1.54) is 13.5 Å². The molecule has 21 heavy (non-hydrogen) atoms. The second kappa shape index (κ2) is 9.00. The molecule has 1 unspecified atom stereocenters. The van der Waals surface area contributed by atoms with Crippen molar-refractivity contribution in [2.24, 2.45) is 5.92 Å². The standard InChI is InChI=1S/C15H28N2O4/c1-11(2)9-13(15(20)21-3)16-14(19)10-17(7-8-18)12-5-4-6-12/h11-13,18H,4-10H2,1-3H3,(H,16,19). The number of nitrogens with zero attached hydrogens (tertiary/aromatic N) is 1. The van der Waals surface area contributed by atoms with Crippen molar-refractivity contribution < 1.29 is 19.4 Å². The molecular weight excluding hydrogens is 272 g/mol. The van der Waals surface area contributed by atoms with Gasteiger partial charge in [0, 0.05) is 12.6 Å². The highest BCUT2D eigenvalue weighted by Gasteiger charge is 2.28. The largest absolute Gasteiger partial charge is 0.467 e. The zero-order valence-corrected chi connectivity index (χ0v) is 13.3. The summed E-state index contributed by atoms with van der Waals surface area (Å²) >= 11 is 0. The van der Waals surface area contributed by atoms with Crippen LogP contribution in [0, 0.1) is 5.92 Å². The molecule has 1 amide bonds. The fourth-order valence-corrected chi connectivity index (χ4v) is 2.52. The van der Waals surface area contributed by atoms with Gasteiger partial charge in [-0.3, -0.25) is 9.69 Å². The van der Waals surface area contributed by atoms with Gasteiger partial charge in [0.2, 0.25) is 5.91 Å². The Kier molecular flexibility index (Phi) is 7.67. The molecule has 0 radical (unpaired) electrons. The summed E-state index contributed by atoms with van der Waals surface area (Å²) in [5, 5.41) is 11.9. The topological polar surface area (TPSA) is 78.9 Å². The normalized spacial score (nSPS) is 16.7. The third kappa shape index (κ3) is 6.01. The zero-order valence-electron chi connectivity index (χ0n) is 13.3. The molecule has 1 aliphatic rings. The second-order valence-corrected chi connectivity index (χ2v) is 6.05. The highest BCUT2D eigenvalue weighted by atomic mass is 16.5. The predicted molar refractivity (Wildman–Crippen MR) is 79.7 cm³/mol. The lowest BCUT2D eigenvalue weighted by molar-refractivity contribution is -0.145.